The molecule has 8 heteroatoms. The Kier molecular flexibility index (Phi) is 4.86. The third-order valence-corrected chi connectivity index (χ3v) is 2.81. The summed E-state index contributed by atoms with van der Waals surface area (Å²) in [6, 6.07) is 0. The molecule has 2 heterocycles. The molecule has 0 aromatic carbocycles. The minimum atomic E-state index is 0.0372. The summed E-state index contributed by atoms with van der Waals surface area (Å²) in [6.07, 6.45) is 1.72. The minimum Gasteiger partial charge on any atom is -0.394 e. The second kappa shape index (κ2) is 6.62. The lowest BCUT2D eigenvalue weighted by atomic mass is 10.1. The van der Waals surface area contributed by atoms with Gasteiger partial charge in [0.05, 0.1) is 25.4 Å². The fraction of sp³-hybridized carbons (Fsp3) is 0.455. The highest BCUT2D eigenvalue weighted by Crippen LogP contribution is 2.18. The minimum absolute atomic E-state index is 0.0372. The van der Waals surface area contributed by atoms with Crippen molar-refractivity contribution >= 4 is 35.2 Å². The zero-order chi connectivity index (χ0) is 13.7. The Bertz CT molecular complexity index is 495. The Morgan fingerprint density at radius 2 is 2.21 bits per heavy atom. The molecule has 0 atom stereocenters. The number of hydrogen-bond acceptors (Lipinski definition) is 7. The van der Waals surface area contributed by atoms with E-state index in [4.69, 9.17) is 27.8 Å². The van der Waals surface area contributed by atoms with Crippen molar-refractivity contribution in [3.05, 3.63) is 11.1 Å². The molecule has 2 aliphatic heterocycles. The average molecular weight is 281 g/mol. The van der Waals surface area contributed by atoms with Crippen molar-refractivity contribution in [2.24, 2.45) is 20.7 Å². The van der Waals surface area contributed by atoms with Crippen molar-refractivity contribution in [1.82, 2.24) is 5.32 Å². The van der Waals surface area contributed by atoms with E-state index in [-0.39, 0.29) is 12.6 Å². The Labute approximate surface area is 116 Å². The summed E-state index contributed by atoms with van der Waals surface area (Å²) >= 11 is 5.17. The van der Waals surface area contributed by atoms with Gasteiger partial charge in [0.15, 0.2) is 5.84 Å². The van der Waals surface area contributed by atoms with Crippen molar-refractivity contribution in [2.75, 3.05) is 32.9 Å². The van der Waals surface area contributed by atoms with Gasteiger partial charge in [0.2, 0.25) is 5.96 Å². The summed E-state index contributed by atoms with van der Waals surface area (Å²) in [6.45, 7) is 2.21. The number of ether oxygens (including phenoxy) is 1. The first-order valence-corrected chi connectivity index (χ1v) is 6.27. The van der Waals surface area contributed by atoms with Gasteiger partial charge in [-0.2, -0.15) is 4.99 Å². The monoisotopic (exact) mass is 281 g/mol. The molecule has 2 rings (SSSR count). The van der Waals surface area contributed by atoms with Crippen LogP contribution < -0.4 is 11.1 Å². The largest absolute Gasteiger partial charge is 0.394 e. The predicted octanol–water partition coefficient (Wildman–Crippen LogP) is -0.980. The summed E-state index contributed by atoms with van der Waals surface area (Å²) in [4.78, 5) is 12.6. The van der Waals surface area contributed by atoms with E-state index in [0.29, 0.717) is 37.1 Å². The quantitative estimate of drug-likeness (QED) is 0.411. The lowest BCUT2D eigenvalue weighted by molar-refractivity contribution is 0.0943. The predicted molar refractivity (Wildman–Crippen MR) is 77.9 cm³/mol. The molecule has 0 aromatic heterocycles. The lowest BCUT2D eigenvalue weighted by Crippen LogP contribution is -2.26. The first-order valence-electron chi connectivity index (χ1n) is 5.86. The van der Waals surface area contributed by atoms with E-state index in [9.17, 15) is 0 Å². The van der Waals surface area contributed by atoms with Crippen molar-refractivity contribution in [1.29, 1.82) is 0 Å². The van der Waals surface area contributed by atoms with Crippen LogP contribution in [0.25, 0.3) is 0 Å². The van der Waals surface area contributed by atoms with Crippen molar-refractivity contribution < 1.29 is 9.84 Å². The van der Waals surface area contributed by atoms with Gasteiger partial charge >= 0.3 is 0 Å². The topological polar surface area (TPSA) is 105 Å². The number of nitrogens with one attached hydrogen (secondary N) is 1. The fourth-order valence-electron chi connectivity index (χ4n) is 1.69. The summed E-state index contributed by atoms with van der Waals surface area (Å²) in [5.74, 6) is 0.679. The van der Waals surface area contributed by atoms with Crippen LogP contribution in [0.15, 0.2) is 26.1 Å². The number of aliphatic hydroxyl groups excluding tert-OH is 1. The maximum absolute atomic E-state index is 8.55. The Morgan fingerprint density at radius 3 is 3.00 bits per heavy atom. The van der Waals surface area contributed by atoms with Crippen molar-refractivity contribution in [3.63, 3.8) is 0 Å². The maximum atomic E-state index is 8.55. The second-order valence-electron chi connectivity index (χ2n) is 3.88. The molecular weight excluding hydrogens is 266 g/mol. The first kappa shape index (κ1) is 13.9. The number of rotatable bonds is 7. The fourth-order valence-corrected chi connectivity index (χ4v) is 2.01. The van der Waals surface area contributed by atoms with Crippen LogP contribution in [0.5, 0.6) is 0 Å². The number of hydrogen-bond donors (Lipinski definition) is 3. The Morgan fingerprint density at radius 1 is 1.37 bits per heavy atom. The SMILES string of the molecule is NC1=NC(=S)C2=C(CNCCOCCO)C=NC2=N1. The van der Waals surface area contributed by atoms with Gasteiger partial charge in [0, 0.05) is 19.3 Å². The molecular formula is C11H15N5O2S. The van der Waals surface area contributed by atoms with E-state index in [2.05, 4.69) is 20.3 Å². The molecule has 0 aliphatic carbocycles. The van der Waals surface area contributed by atoms with Gasteiger partial charge in [-0.15, -0.1) is 0 Å². The molecule has 0 fully saturated rings. The molecule has 2 aliphatic rings. The van der Waals surface area contributed by atoms with Gasteiger partial charge in [-0.3, -0.25) is 0 Å². The van der Waals surface area contributed by atoms with Crippen LogP contribution in [0.3, 0.4) is 0 Å². The van der Waals surface area contributed by atoms with E-state index in [1.165, 1.54) is 0 Å². The standard InChI is InChI=1S/C11H15N5O2S/c12-11-15-9-8(10(19)16-11)7(6-14-9)5-13-1-3-18-4-2-17/h6,13,17H,1-5H2,(H2,12,16,19). The van der Waals surface area contributed by atoms with Crippen LogP contribution in [0.2, 0.25) is 0 Å². The molecule has 0 saturated heterocycles. The lowest BCUT2D eigenvalue weighted by Gasteiger charge is -2.10. The molecule has 102 valence electrons. The van der Waals surface area contributed by atoms with Crippen molar-refractivity contribution in [3.8, 4) is 0 Å². The van der Waals surface area contributed by atoms with E-state index >= 15 is 0 Å². The van der Waals surface area contributed by atoms with Gasteiger partial charge in [0.1, 0.15) is 4.99 Å². The van der Waals surface area contributed by atoms with E-state index < -0.39 is 0 Å². The molecule has 4 N–H and O–H groups in total. The van der Waals surface area contributed by atoms with Crippen LogP contribution in [0, 0.1) is 0 Å². The maximum Gasteiger partial charge on any atom is 0.223 e. The summed E-state index contributed by atoms with van der Waals surface area (Å²) in [5, 5.41) is 11.8. The summed E-state index contributed by atoms with van der Waals surface area (Å²) in [5.41, 5.74) is 7.24. The number of amidine groups is 1. The zero-order valence-electron chi connectivity index (χ0n) is 10.3. The third kappa shape index (κ3) is 3.51. The smallest absolute Gasteiger partial charge is 0.223 e. The first-order chi connectivity index (χ1) is 9.22. The molecule has 0 bridgehead atoms. The highest BCUT2D eigenvalue weighted by Gasteiger charge is 2.24. The molecule has 7 nitrogen and oxygen atoms in total. The molecule has 0 unspecified atom stereocenters. The van der Waals surface area contributed by atoms with Gasteiger partial charge in [-0.05, 0) is 5.57 Å². The van der Waals surface area contributed by atoms with Crippen molar-refractivity contribution in [2.45, 2.75) is 0 Å². The molecule has 0 radical (unpaired) electrons. The van der Waals surface area contributed by atoms with Crippen LogP contribution in [-0.2, 0) is 4.74 Å². The summed E-state index contributed by atoms with van der Waals surface area (Å²) in [7, 11) is 0. The van der Waals surface area contributed by atoms with Crippen LogP contribution >= 0.6 is 12.2 Å². The molecule has 19 heavy (non-hydrogen) atoms. The number of aliphatic imine (C=N–C) groups is 3. The van der Waals surface area contributed by atoms with Gasteiger partial charge in [-0.1, -0.05) is 12.2 Å². The molecule has 0 saturated carbocycles. The van der Waals surface area contributed by atoms with Gasteiger partial charge < -0.3 is 20.9 Å². The third-order valence-electron chi connectivity index (χ3n) is 2.51. The van der Waals surface area contributed by atoms with E-state index in [1.807, 2.05) is 0 Å². The van der Waals surface area contributed by atoms with Crippen LogP contribution in [0.1, 0.15) is 0 Å². The number of nitrogens with zero attached hydrogens (tertiary/aromatic N) is 3. The number of guanidine groups is 1. The van der Waals surface area contributed by atoms with Gasteiger partial charge in [-0.25, -0.2) is 9.98 Å². The average Bonchev–Trinajstić information content (AvgIpc) is 2.77. The van der Waals surface area contributed by atoms with Crippen LogP contribution in [-0.4, -0.2) is 61.0 Å². The van der Waals surface area contributed by atoms with E-state index in [0.717, 1.165) is 11.1 Å². The highest BCUT2D eigenvalue weighted by atomic mass is 32.1. The van der Waals surface area contributed by atoms with E-state index in [1.54, 1.807) is 6.21 Å². The molecule has 0 aromatic rings. The normalized spacial score (nSPS) is 17.6. The number of nitrogens with two attached hydrogens (primary N) is 1. The number of aliphatic hydroxyl groups is 1. The van der Waals surface area contributed by atoms with Gasteiger partial charge in [0.25, 0.3) is 0 Å². The molecule has 0 amide bonds. The number of fused-ring (bicyclic) bond motifs is 1. The highest BCUT2D eigenvalue weighted by molar-refractivity contribution is 7.81. The summed E-state index contributed by atoms with van der Waals surface area (Å²) < 4.78 is 5.14. The Hall–Kier alpha value is -1.48. The zero-order valence-corrected chi connectivity index (χ0v) is 11.1. The number of thiocarbonyl (C=S) groups is 1. The Balaban J connectivity index is 1.86. The second-order valence-corrected chi connectivity index (χ2v) is 4.27. The van der Waals surface area contributed by atoms with Crippen LogP contribution in [0.4, 0.5) is 0 Å². The molecule has 0 spiro atoms.